The van der Waals surface area contributed by atoms with E-state index < -0.39 is 11.8 Å². The number of nitrogens with two attached hydrogens (primary N) is 1. The van der Waals surface area contributed by atoms with Crippen LogP contribution in [0.25, 0.3) is 0 Å². The van der Waals surface area contributed by atoms with Gasteiger partial charge < -0.3 is 15.5 Å². The number of aromatic nitrogens is 2. The number of aryl methyl sites for hydroxylation is 2. The fourth-order valence-corrected chi connectivity index (χ4v) is 2.90. The number of rotatable bonds is 4. The fraction of sp³-hybridized carbons (Fsp3) is 0.625. The summed E-state index contributed by atoms with van der Waals surface area (Å²) in [5.74, 6) is -1.15. The molecular weight excluding hydrogens is 310 g/mol. The number of hydrogen-bond acceptors (Lipinski definition) is 4. The molecule has 8 heteroatoms. The Balaban J connectivity index is 2.01. The average Bonchev–Trinajstić information content (AvgIpc) is 2.75. The van der Waals surface area contributed by atoms with Crippen molar-refractivity contribution >= 4 is 17.7 Å². The zero-order chi connectivity index (χ0) is 17.9. The quantitative estimate of drug-likeness (QED) is 0.798. The molecule has 0 saturated carbocycles. The Bertz CT molecular complexity index is 640. The molecule has 0 unspecified atom stereocenters. The first-order valence-electron chi connectivity index (χ1n) is 8.09. The van der Waals surface area contributed by atoms with Crippen LogP contribution in [-0.2, 0) is 27.9 Å². The van der Waals surface area contributed by atoms with Crippen LogP contribution in [0.3, 0.4) is 0 Å². The monoisotopic (exact) mass is 335 g/mol. The molecule has 1 fully saturated rings. The molecule has 1 aromatic rings. The van der Waals surface area contributed by atoms with Crippen LogP contribution >= 0.6 is 0 Å². The molecule has 24 heavy (non-hydrogen) atoms. The van der Waals surface area contributed by atoms with Crippen LogP contribution in [-0.4, -0.2) is 63.5 Å². The summed E-state index contributed by atoms with van der Waals surface area (Å²) in [4.78, 5) is 39.0. The SMILES string of the molecule is CC(=O)N1CCN(C(=O)CCc2cnn(C)c2C)C[C@@H](C(N)=O)C1. The van der Waals surface area contributed by atoms with Gasteiger partial charge in [-0.3, -0.25) is 19.1 Å². The van der Waals surface area contributed by atoms with Gasteiger partial charge in [-0.1, -0.05) is 0 Å². The third kappa shape index (κ3) is 4.12. The number of hydrogen-bond donors (Lipinski definition) is 1. The van der Waals surface area contributed by atoms with Crippen LogP contribution in [0, 0.1) is 12.8 Å². The topological polar surface area (TPSA) is 102 Å². The van der Waals surface area contributed by atoms with Crippen molar-refractivity contribution in [2.45, 2.75) is 26.7 Å². The summed E-state index contributed by atoms with van der Waals surface area (Å²) in [6, 6.07) is 0. The Labute approximate surface area is 141 Å². The largest absolute Gasteiger partial charge is 0.369 e. The van der Waals surface area contributed by atoms with Crippen molar-refractivity contribution in [3.63, 3.8) is 0 Å². The van der Waals surface area contributed by atoms with Gasteiger partial charge in [0.15, 0.2) is 0 Å². The van der Waals surface area contributed by atoms with Crippen molar-refractivity contribution in [2.75, 3.05) is 26.2 Å². The van der Waals surface area contributed by atoms with Crippen LogP contribution in [0.5, 0.6) is 0 Å². The third-order valence-corrected chi connectivity index (χ3v) is 4.67. The molecule has 8 nitrogen and oxygen atoms in total. The van der Waals surface area contributed by atoms with Gasteiger partial charge >= 0.3 is 0 Å². The van der Waals surface area contributed by atoms with Crippen LogP contribution in [0.4, 0.5) is 0 Å². The van der Waals surface area contributed by atoms with Crippen molar-refractivity contribution < 1.29 is 14.4 Å². The lowest BCUT2D eigenvalue weighted by atomic mass is 10.1. The standard InChI is InChI=1S/C16H25N5O3/c1-11-13(8-18-19(11)3)4-5-15(23)21-7-6-20(12(2)22)9-14(10-21)16(17)24/h8,14H,4-7,9-10H2,1-3H3,(H2,17,24)/t14-/m0/s1. The molecule has 0 bridgehead atoms. The highest BCUT2D eigenvalue weighted by Crippen LogP contribution is 2.14. The van der Waals surface area contributed by atoms with Gasteiger partial charge in [0.1, 0.15) is 0 Å². The first-order valence-corrected chi connectivity index (χ1v) is 8.09. The first-order chi connectivity index (χ1) is 11.3. The van der Waals surface area contributed by atoms with Crippen LogP contribution in [0.15, 0.2) is 6.20 Å². The number of primary amides is 1. The van der Waals surface area contributed by atoms with Gasteiger partial charge in [-0.05, 0) is 18.9 Å². The molecule has 1 atom stereocenters. The fourth-order valence-electron chi connectivity index (χ4n) is 2.90. The minimum absolute atomic E-state index is 0.0325. The highest BCUT2D eigenvalue weighted by molar-refractivity contribution is 5.81. The van der Waals surface area contributed by atoms with E-state index in [-0.39, 0.29) is 24.9 Å². The van der Waals surface area contributed by atoms with Crippen molar-refractivity contribution in [3.8, 4) is 0 Å². The normalized spacial score (nSPS) is 18.4. The zero-order valence-corrected chi connectivity index (χ0v) is 14.5. The second-order valence-corrected chi connectivity index (χ2v) is 6.28. The van der Waals surface area contributed by atoms with E-state index in [2.05, 4.69) is 5.10 Å². The number of amides is 3. The smallest absolute Gasteiger partial charge is 0.224 e. The lowest BCUT2D eigenvalue weighted by molar-refractivity contribution is -0.132. The maximum absolute atomic E-state index is 12.5. The Morgan fingerprint density at radius 2 is 1.88 bits per heavy atom. The molecular formula is C16H25N5O3. The lowest BCUT2D eigenvalue weighted by Gasteiger charge is -2.22. The van der Waals surface area contributed by atoms with E-state index in [0.29, 0.717) is 25.9 Å². The molecule has 0 aromatic carbocycles. The Hall–Kier alpha value is -2.38. The van der Waals surface area contributed by atoms with Crippen molar-refractivity contribution in [3.05, 3.63) is 17.5 Å². The summed E-state index contributed by atoms with van der Waals surface area (Å²) in [6.45, 7) is 4.82. The van der Waals surface area contributed by atoms with Crippen molar-refractivity contribution in [1.82, 2.24) is 19.6 Å². The molecule has 2 N–H and O–H groups in total. The summed E-state index contributed by atoms with van der Waals surface area (Å²) < 4.78 is 1.78. The first kappa shape index (κ1) is 18.0. The van der Waals surface area contributed by atoms with Gasteiger partial charge in [0.05, 0.1) is 12.1 Å². The number of carbonyl (C=O) groups is 3. The lowest BCUT2D eigenvalue weighted by Crippen LogP contribution is -2.40. The average molecular weight is 335 g/mol. The predicted octanol–water partition coefficient (Wildman–Crippen LogP) is -0.547. The van der Waals surface area contributed by atoms with E-state index in [9.17, 15) is 14.4 Å². The van der Waals surface area contributed by atoms with E-state index in [4.69, 9.17) is 5.73 Å². The predicted molar refractivity (Wildman–Crippen MR) is 87.8 cm³/mol. The van der Waals surface area contributed by atoms with Gasteiger partial charge in [0.25, 0.3) is 0 Å². The maximum Gasteiger partial charge on any atom is 0.224 e. The Morgan fingerprint density at radius 1 is 1.25 bits per heavy atom. The second kappa shape index (κ2) is 7.46. The van der Waals surface area contributed by atoms with Gasteiger partial charge in [-0.15, -0.1) is 0 Å². The van der Waals surface area contributed by atoms with Gasteiger partial charge in [0, 0.05) is 52.3 Å². The highest BCUT2D eigenvalue weighted by atomic mass is 16.2. The molecule has 0 spiro atoms. The number of nitrogens with zero attached hydrogens (tertiary/aromatic N) is 4. The van der Waals surface area contributed by atoms with Gasteiger partial charge in [-0.2, -0.15) is 5.10 Å². The molecule has 1 saturated heterocycles. The molecule has 3 amide bonds. The molecule has 0 radical (unpaired) electrons. The summed E-state index contributed by atoms with van der Waals surface area (Å²) in [6.07, 6.45) is 2.72. The van der Waals surface area contributed by atoms with E-state index >= 15 is 0 Å². The summed E-state index contributed by atoms with van der Waals surface area (Å²) in [5, 5.41) is 4.17. The molecule has 132 valence electrons. The van der Waals surface area contributed by atoms with E-state index in [0.717, 1.165) is 11.3 Å². The maximum atomic E-state index is 12.5. The van der Waals surface area contributed by atoms with Crippen LogP contribution in [0.2, 0.25) is 0 Å². The van der Waals surface area contributed by atoms with Crippen LogP contribution < -0.4 is 5.73 Å². The van der Waals surface area contributed by atoms with Crippen molar-refractivity contribution in [1.29, 1.82) is 0 Å². The van der Waals surface area contributed by atoms with E-state index in [1.807, 2.05) is 14.0 Å². The van der Waals surface area contributed by atoms with E-state index in [1.54, 1.807) is 20.7 Å². The minimum atomic E-state index is -0.527. The molecule has 0 aliphatic carbocycles. The second-order valence-electron chi connectivity index (χ2n) is 6.28. The summed E-state index contributed by atoms with van der Waals surface area (Å²) in [7, 11) is 1.86. The summed E-state index contributed by atoms with van der Waals surface area (Å²) >= 11 is 0. The molecule has 1 aromatic heterocycles. The van der Waals surface area contributed by atoms with Gasteiger partial charge in [0.2, 0.25) is 17.7 Å². The Morgan fingerprint density at radius 3 is 2.42 bits per heavy atom. The molecule has 2 rings (SSSR count). The van der Waals surface area contributed by atoms with Gasteiger partial charge in [-0.25, -0.2) is 0 Å². The Kier molecular flexibility index (Phi) is 5.58. The van der Waals surface area contributed by atoms with Crippen LogP contribution in [0.1, 0.15) is 24.6 Å². The van der Waals surface area contributed by atoms with E-state index in [1.165, 1.54) is 6.92 Å². The zero-order valence-electron chi connectivity index (χ0n) is 14.5. The highest BCUT2D eigenvalue weighted by Gasteiger charge is 2.29. The molecule has 1 aliphatic rings. The minimum Gasteiger partial charge on any atom is -0.369 e. The summed E-state index contributed by atoms with van der Waals surface area (Å²) in [5.41, 5.74) is 7.50. The number of carbonyl (C=O) groups excluding carboxylic acids is 3. The molecule has 1 aliphatic heterocycles. The molecule has 2 heterocycles. The third-order valence-electron chi connectivity index (χ3n) is 4.67. The van der Waals surface area contributed by atoms with Crippen molar-refractivity contribution in [2.24, 2.45) is 18.7 Å².